The van der Waals surface area contributed by atoms with E-state index in [0.29, 0.717) is 23.5 Å². The van der Waals surface area contributed by atoms with Gasteiger partial charge in [0.1, 0.15) is 5.75 Å². The Labute approximate surface area is 174 Å². The van der Waals surface area contributed by atoms with Crippen molar-refractivity contribution in [1.29, 1.82) is 0 Å². The number of hydrogen-bond donors (Lipinski definition) is 0. The predicted octanol–water partition coefficient (Wildman–Crippen LogP) is 6.20. The molecule has 29 heavy (non-hydrogen) atoms. The molecule has 0 aliphatic heterocycles. The number of ether oxygens (including phenoxy) is 1. The van der Waals surface area contributed by atoms with Crippen molar-refractivity contribution in [2.24, 2.45) is 17.3 Å². The normalized spacial score (nSPS) is 32.3. The monoisotopic (exact) mass is 386 g/mol. The second kappa shape index (κ2) is 7.16. The summed E-state index contributed by atoms with van der Waals surface area (Å²) < 4.78 is 5.44. The van der Waals surface area contributed by atoms with Gasteiger partial charge in [0, 0.05) is 5.41 Å². The Hall–Kier alpha value is -2.35. The van der Waals surface area contributed by atoms with Gasteiger partial charge in [-0.2, -0.15) is 0 Å². The van der Waals surface area contributed by atoms with Crippen LogP contribution < -0.4 is 4.74 Å². The number of aryl methyl sites for hydroxylation is 1. The van der Waals surface area contributed by atoms with Crippen LogP contribution in [-0.2, 0) is 11.2 Å². The average molecular weight is 387 g/mol. The summed E-state index contributed by atoms with van der Waals surface area (Å²) in [6.45, 7) is 2.26. The summed E-state index contributed by atoms with van der Waals surface area (Å²) in [4.78, 5) is 13.6. The molecule has 4 atom stereocenters. The maximum Gasteiger partial charge on any atom is 0.165 e. The van der Waals surface area contributed by atoms with Gasteiger partial charge in [-0.25, -0.2) is 0 Å². The molecule has 3 aliphatic carbocycles. The maximum absolute atomic E-state index is 13.6. The largest absolute Gasteiger partial charge is 0.497 e. The van der Waals surface area contributed by atoms with Crippen molar-refractivity contribution in [3.8, 4) is 5.75 Å². The molecule has 2 saturated carbocycles. The summed E-state index contributed by atoms with van der Waals surface area (Å²) in [5.41, 5.74) is 4.97. The fraction of sp³-hybridized carbons (Fsp3) is 0.444. The Morgan fingerprint density at radius 3 is 2.66 bits per heavy atom. The lowest BCUT2D eigenvalue weighted by Crippen LogP contribution is -2.49. The minimum atomic E-state index is -0.190. The highest BCUT2D eigenvalue weighted by atomic mass is 16.5. The van der Waals surface area contributed by atoms with Gasteiger partial charge in [-0.3, -0.25) is 4.79 Å². The highest BCUT2D eigenvalue weighted by Crippen LogP contribution is 2.59. The Bertz CT molecular complexity index is 958. The van der Waals surface area contributed by atoms with Crippen molar-refractivity contribution in [3.63, 3.8) is 0 Å². The van der Waals surface area contributed by atoms with Crippen LogP contribution in [0.4, 0.5) is 0 Å². The third-order valence-corrected chi connectivity index (χ3v) is 8.00. The molecule has 0 bridgehead atoms. The molecule has 0 amide bonds. The van der Waals surface area contributed by atoms with E-state index in [0.717, 1.165) is 49.0 Å². The number of benzene rings is 2. The van der Waals surface area contributed by atoms with Gasteiger partial charge in [0.15, 0.2) is 5.78 Å². The van der Waals surface area contributed by atoms with Crippen LogP contribution in [0, 0.1) is 17.3 Å². The summed E-state index contributed by atoms with van der Waals surface area (Å²) >= 11 is 0. The molecule has 0 aromatic heterocycles. The lowest BCUT2D eigenvalue weighted by Gasteiger charge is -2.53. The molecular weight excluding hydrogens is 356 g/mol. The van der Waals surface area contributed by atoms with Crippen LogP contribution in [0.15, 0.2) is 54.1 Å². The zero-order valence-electron chi connectivity index (χ0n) is 17.5. The molecule has 2 heteroatoms. The maximum atomic E-state index is 13.6. The second-order valence-electron chi connectivity index (χ2n) is 9.38. The van der Waals surface area contributed by atoms with Crippen molar-refractivity contribution in [2.45, 2.75) is 51.4 Å². The fourth-order valence-corrected chi connectivity index (χ4v) is 6.50. The van der Waals surface area contributed by atoms with E-state index in [-0.39, 0.29) is 5.41 Å². The Morgan fingerprint density at radius 2 is 1.86 bits per heavy atom. The van der Waals surface area contributed by atoms with Gasteiger partial charge in [-0.15, -0.1) is 0 Å². The molecule has 2 fully saturated rings. The summed E-state index contributed by atoms with van der Waals surface area (Å²) in [6, 6.07) is 16.9. The van der Waals surface area contributed by atoms with Crippen molar-refractivity contribution >= 4 is 11.9 Å². The van der Waals surface area contributed by atoms with Crippen LogP contribution in [-0.4, -0.2) is 12.9 Å². The second-order valence-corrected chi connectivity index (χ2v) is 9.38. The molecule has 3 aliphatic rings. The molecule has 2 aromatic carbocycles. The first kappa shape index (κ1) is 18.7. The summed E-state index contributed by atoms with van der Waals surface area (Å²) in [6.07, 6.45) is 8.66. The average Bonchev–Trinajstić information content (AvgIpc) is 2.76. The number of carbonyl (C=O) groups is 1. The Kier molecular flexibility index (Phi) is 4.61. The van der Waals surface area contributed by atoms with Crippen LogP contribution in [0.5, 0.6) is 5.75 Å². The molecule has 2 nitrogen and oxygen atoms in total. The molecule has 0 unspecified atom stereocenters. The minimum Gasteiger partial charge on any atom is -0.497 e. The van der Waals surface area contributed by atoms with E-state index < -0.39 is 0 Å². The van der Waals surface area contributed by atoms with E-state index in [1.165, 1.54) is 17.5 Å². The van der Waals surface area contributed by atoms with E-state index in [2.05, 4.69) is 43.3 Å². The molecule has 5 rings (SSSR count). The first-order chi connectivity index (χ1) is 14.1. The fourth-order valence-electron chi connectivity index (χ4n) is 6.50. The molecule has 0 N–H and O–H groups in total. The first-order valence-electron chi connectivity index (χ1n) is 11.1. The predicted molar refractivity (Wildman–Crippen MR) is 117 cm³/mol. The third-order valence-electron chi connectivity index (χ3n) is 8.00. The lowest BCUT2D eigenvalue weighted by atomic mass is 9.50. The SMILES string of the molecule is COc1ccc2c(c1)CC[C@@H]1[C@@H]2CC[C@]2(C)C(=O)/C(=C/c3ccccc3)CC[C@@H]12. The van der Waals surface area contributed by atoms with E-state index in [4.69, 9.17) is 4.74 Å². The smallest absolute Gasteiger partial charge is 0.165 e. The number of methoxy groups -OCH3 is 1. The van der Waals surface area contributed by atoms with Crippen molar-refractivity contribution < 1.29 is 9.53 Å². The Balaban J connectivity index is 1.44. The van der Waals surface area contributed by atoms with Gasteiger partial charge in [-0.05, 0) is 96.8 Å². The van der Waals surface area contributed by atoms with Gasteiger partial charge in [0.05, 0.1) is 7.11 Å². The van der Waals surface area contributed by atoms with Gasteiger partial charge in [-0.1, -0.05) is 43.3 Å². The molecule has 0 heterocycles. The summed E-state index contributed by atoms with van der Waals surface area (Å²) in [7, 11) is 1.74. The zero-order valence-corrected chi connectivity index (χ0v) is 17.5. The number of ketones is 1. The van der Waals surface area contributed by atoms with Crippen LogP contribution in [0.3, 0.4) is 0 Å². The first-order valence-corrected chi connectivity index (χ1v) is 11.1. The van der Waals surface area contributed by atoms with E-state index in [1.54, 1.807) is 7.11 Å². The van der Waals surface area contributed by atoms with E-state index in [9.17, 15) is 4.79 Å². The van der Waals surface area contributed by atoms with Crippen LogP contribution in [0.1, 0.15) is 61.6 Å². The molecule has 0 saturated heterocycles. The van der Waals surface area contributed by atoms with Gasteiger partial charge < -0.3 is 4.74 Å². The number of Topliss-reactive ketones (excluding diaryl/α,β-unsaturated/α-hetero) is 1. The van der Waals surface area contributed by atoms with E-state index in [1.807, 2.05) is 18.2 Å². The molecule has 150 valence electrons. The van der Waals surface area contributed by atoms with Gasteiger partial charge in [0.25, 0.3) is 0 Å². The van der Waals surface area contributed by atoms with Gasteiger partial charge in [0.2, 0.25) is 0 Å². The zero-order chi connectivity index (χ0) is 20.0. The van der Waals surface area contributed by atoms with Gasteiger partial charge >= 0.3 is 0 Å². The van der Waals surface area contributed by atoms with Crippen LogP contribution in [0.2, 0.25) is 0 Å². The molecule has 0 radical (unpaired) electrons. The highest BCUT2D eigenvalue weighted by Gasteiger charge is 2.53. The number of rotatable bonds is 2. The number of allylic oxidation sites excluding steroid dienone is 1. The highest BCUT2D eigenvalue weighted by molar-refractivity contribution is 6.04. The minimum absolute atomic E-state index is 0.190. The Morgan fingerprint density at radius 1 is 1.03 bits per heavy atom. The summed E-state index contributed by atoms with van der Waals surface area (Å²) in [5, 5.41) is 0. The molecule has 2 aromatic rings. The quantitative estimate of drug-likeness (QED) is 0.574. The molecular formula is C27H30O2. The third kappa shape index (κ3) is 3.04. The lowest BCUT2D eigenvalue weighted by molar-refractivity contribution is -0.134. The summed E-state index contributed by atoms with van der Waals surface area (Å²) in [5.74, 6) is 3.13. The number of hydrogen-bond acceptors (Lipinski definition) is 2. The van der Waals surface area contributed by atoms with Crippen LogP contribution in [0.25, 0.3) is 6.08 Å². The number of fused-ring (bicyclic) bond motifs is 5. The molecule has 0 spiro atoms. The standard InChI is InChI=1S/C27H30O2/c1-27-15-14-23-22-12-10-21(29-2)17-19(22)8-11-24(23)25(27)13-9-20(26(27)28)16-18-6-4-3-5-7-18/h3-7,10,12,16-17,23-25H,8-9,11,13-15H2,1-2H3/b20-16+/t23-,24-,25+,27+/m1/s1. The van der Waals surface area contributed by atoms with E-state index >= 15 is 0 Å². The van der Waals surface area contributed by atoms with Crippen molar-refractivity contribution in [2.75, 3.05) is 7.11 Å². The van der Waals surface area contributed by atoms with Crippen molar-refractivity contribution in [3.05, 3.63) is 70.8 Å². The van der Waals surface area contributed by atoms with Crippen molar-refractivity contribution in [1.82, 2.24) is 0 Å². The topological polar surface area (TPSA) is 26.3 Å². The number of carbonyl (C=O) groups excluding carboxylic acids is 1. The van der Waals surface area contributed by atoms with Crippen LogP contribution >= 0.6 is 0 Å².